The highest BCUT2D eigenvalue weighted by atomic mass is 16.5. The van der Waals surface area contributed by atoms with Gasteiger partial charge in [0, 0.05) is 31.0 Å². The van der Waals surface area contributed by atoms with E-state index in [9.17, 15) is 9.59 Å². The van der Waals surface area contributed by atoms with Crippen molar-refractivity contribution < 1.29 is 14.3 Å². The minimum absolute atomic E-state index is 0.161. The van der Waals surface area contributed by atoms with E-state index in [2.05, 4.69) is 10.6 Å². The van der Waals surface area contributed by atoms with Crippen LogP contribution in [0.25, 0.3) is 0 Å². The SMILES string of the molecule is CCNC(=O)c1ccc(C)c(NC(=O)C2(N)CCOCC2)c1. The third kappa shape index (κ3) is 3.64. The molecule has 1 fully saturated rings. The Hall–Kier alpha value is -1.92. The van der Waals surface area contributed by atoms with Gasteiger partial charge < -0.3 is 21.1 Å². The van der Waals surface area contributed by atoms with E-state index in [-0.39, 0.29) is 11.8 Å². The third-order valence-electron chi connectivity index (χ3n) is 3.92. The van der Waals surface area contributed by atoms with Gasteiger partial charge in [-0.05, 0) is 44.4 Å². The van der Waals surface area contributed by atoms with E-state index in [1.54, 1.807) is 12.1 Å². The molecule has 0 spiro atoms. The summed E-state index contributed by atoms with van der Waals surface area (Å²) in [6, 6.07) is 5.23. The highest BCUT2D eigenvalue weighted by Gasteiger charge is 2.36. The number of nitrogens with two attached hydrogens (primary N) is 1. The normalized spacial score (nSPS) is 16.9. The second kappa shape index (κ2) is 6.89. The van der Waals surface area contributed by atoms with Gasteiger partial charge in [-0.1, -0.05) is 6.07 Å². The van der Waals surface area contributed by atoms with Crippen molar-refractivity contribution in [1.29, 1.82) is 0 Å². The van der Waals surface area contributed by atoms with Crippen LogP contribution in [0.5, 0.6) is 0 Å². The first kappa shape index (κ1) is 16.5. The molecular weight excluding hydrogens is 282 g/mol. The molecule has 0 bridgehead atoms. The molecule has 120 valence electrons. The standard InChI is InChI=1S/C16H23N3O3/c1-3-18-14(20)12-5-4-11(2)13(10-12)19-15(21)16(17)6-8-22-9-7-16/h4-5,10H,3,6-9,17H2,1-2H3,(H,18,20)(H,19,21). The quantitative estimate of drug-likeness (QED) is 0.779. The average Bonchev–Trinajstić information content (AvgIpc) is 2.50. The summed E-state index contributed by atoms with van der Waals surface area (Å²) >= 11 is 0. The van der Waals surface area contributed by atoms with Crippen LogP contribution in [0.2, 0.25) is 0 Å². The Labute approximate surface area is 130 Å². The Bertz CT molecular complexity index is 566. The molecule has 6 heteroatoms. The molecule has 1 aliphatic heterocycles. The molecule has 2 amide bonds. The van der Waals surface area contributed by atoms with Gasteiger partial charge >= 0.3 is 0 Å². The summed E-state index contributed by atoms with van der Waals surface area (Å²) in [7, 11) is 0. The lowest BCUT2D eigenvalue weighted by atomic mass is 9.90. The van der Waals surface area contributed by atoms with E-state index in [0.29, 0.717) is 43.9 Å². The Balaban J connectivity index is 2.16. The number of ether oxygens (including phenoxy) is 1. The number of carbonyl (C=O) groups excluding carboxylic acids is 2. The first-order chi connectivity index (χ1) is 10.5. The molecule has 1 aromatic rings. The van der Waals surface area contributed by atoms with Gasteiger partial charge in [0.25, 0.3) is 5.91 Å². The van der Waals surface area contributed by atoms with Crippen LogP contribution >= 0.6 is 0 Å². The van der Waals surface area contributed by atoms with Crippen LogP contribution in [0.1, 0.15) is 35.7 Å². The summed E-state index contributed by atoms with van der Waals surface area (Å²) < 4.78 is 5.25. The molecule has 6 nitrogen and oxygen atoms in total. The number of hydrogen-bond acceptors (Lipinski definition) is 4. The topological polar surface area (TPSA) is 93.5 Å². The molecule has 1 heterocycles. The zero-order chi connectivity index (χ0) is 16.2. The number of benzene rings is 1. The van der Waals surface area contributed by atoms with Crippen LogP contribution in [-0.4, -0.2) is 37.1 Å². The van der Waals surface area contributed by atoms with Crippen LogP contribution in [0.4, 0.5) is 5.69 Å². The predicted molar refractivity (Wildman–Crippen MR) is 84.8 cm³/mol. The molecule has 1 aromatic carbocycles. The molecule has 0 aromatic heterocycles. The lowest BCUT2D eigenvalue weighted by Gasteiger charge is -2.32. The van der Waals surface area contributed by atoms with Gasteiger partial charge in [0.15, 0.2) is 0 Å². The molecule has 2 rings (SSSR count). The zero-order valence-electron chi connectivity index (χ0n) is 13.1. The lowest BCUT2D eigenvalue weighted by Crippen LogP contribution is -2.54. The number of aryl methyl sites for hydroxylation is 1. The Morgan fingerprint density at radius 1 is 1.32 bits per heavy atom. The van der Waals surface area contributed by atoms with E-state index < -0.39 is 5.54 Å². The van der Waals surface area contributed by atoms with Gasteiger partial charge in [0.05, 0.1) is 0 Å². The Kier molecular flexibility index (Phi) is 5.15. The Morgan fingerprint density at radius 3 is 2.64 bits per heavy atom. The van der Waals surface area contributed by atoms with Gasteiger partial charge in [-0.25, -0.2) is 0 Å². The number of amides is 2. The number of carbonyl (C=O) groups is 2. The monoisotopic (exact) mass is 305 g/mol. The van der Waals surface area contributed by atoms with Crippen LogP contribution in [0.15, 0.2) is 18.2 Å². The molecule has 22 heavy (non-hydrogen) atoms. The van der Waals surface area contributed by atoms with Gasteiger partial charge in [0.1, 0.15) is 5.54 Å². The molecule has 1 aliphatic rings. The van der Waals surface area contributed by atoms with Gasteiger partial charge in [-0.15, -0.1) is 0 Å². The van der Waals surface area contributed by atoms with Gasteiger partial charge in [-0.2, -0.15) is 0 Å². The van der Waals surface area contributed by atoms with E-state index in [4.69, 9.17) is 10.5 Å². The summed E-state index contributed by atoms with van der Waals surface area (Å²) in [4.78, 5) is 24.3. The maximum absolute atomic E-state index is 12.5. The summed E-state index contributed by atoms with van der Waals surface area (Å²) in [5.74, 6) is -0.390. The van der Waals surface area contributed by atoms with Crippen molar-refractivity contribution in [3.05, 3.63) is 29.3 Å². The summed E-state index contributed by atoms with van der Waals surface area (Å²) in [6.07, 6.45) is 0.988. The van der Waals surface area contributed by atoms with Crippen molar-refractivity contribution in [3.8, 4) is 0 Å². The van der Waals surface area contributed by atoms with E-state index in [0.717, 1.165) is 5.56 Å². The van der Waals surface area contributed by atoms with Crippen LogP contribution in [-0.2, 0) is 9.53 Å². The first-order valence-electron chi connectivity index (χ1n) is 7.53. The van der Waals surface area contributed by atoms with Crippen LogP contribution < -0.4 is 16.4 Å². The molecule has 1 saturated heterocycles. The van der Waals surface area contributed by atoms with E-state index in [1.165, 1.54) is 0 Å². The smallest absolute Gasteiger partial charge is 0.251 e. The van der Waals surface area contributed by atoms with Crippen molar-refractivity contribution in [1.82, 2.24) is 5.32 Å². The van der Waals surface area contributed by atoms with Crippen molar-refractivity contribution in [2.45, 2.75) is 32.2 Å². The lowest BCUT2D eigenvalue weighted by molar-refractivity contribution is -0.124. The number of nitrogens with one attached hydrogen (secondary N) is 2. The summed E-state index contributed by atoms with van der Waals surface area (Å²) in [5, 5.41) is 5.60. The van der Waals surface area contributed by atoms with Crippen molar-refractivity contribution in [2.24, 2.45) is 5.73 Å². The van der Waals surface area contributed by atoms with Gasteiger partial charge in [0.2, 0.25) is 5.91 Å². The zero-order valence-corrected chi connectivity index (χ0v) is 13.1. The molecule has 0 radical (unpaired) electrons. The average molecular weight is 305 g/mol. The van der Waals surface area contributed by atoms with Crippen LogP contribution in [0.3, 0.4) is 0 Å². The Morgan fingerprint density at radius 2 is 2.00 bits per heavy atom. The number of anilines is 1. The molecule has 0 aliphatic carbocycles. The fourth-order valence-corrected chi connectivity index (χ4v) is 2.37. The largest absolute Gasteiger partial charge is 0.381 e. The highest BCUT2D eigenvalue weighted by molar-refractivity contribution is 6.00. The number of hydrogen-bond donors (Lipinski definition) is 3. The fraction of sp³-hybridized carbons (Fsp3) is 0.500. The molecule has 0 atom stereocenters. The maximum Gasteiger partial charge on any atom is 0.251 e. The van der Waals surface area contributed by atoms with E-state index >= 15 is 0 Å². The van der Waals surface area contributed by atoms with Gasteiger partial charge in [-0.3, -0.25) is 9.59 Å². The maximum atomic E-state index is 12.5. The molecule has 4 N–H and O–H groups in total. The third-order valence-corrected chi connectivity index (χ3v) is 3.92. The molecule has 0 unspecified atom stereocenters. The minimum atomic E-state index is -0.910. The fourth-order valence-electron chi connectivity index (χ4n) is 2.37. The highest BCUT2D eigenvalue weighted by Crippen LogP contribution is 2.22. The molecule has 0 saturated carbocycles. The van der Waals surface area contributed by atoms with Crippen molar-refractivity contribution >= 4 is 17.5 Å². The van der Waals surface area contributed by atoms with E-state index in [1.807, 2.05) is 19.9 Å². The number of rotatable bonds is 4. The first-order valence-corrected chi connectivity index (χ1v) is 7.53. The second-order valence-electron chi connectivity index (χ2n) is 5.61. The molecular formula is C16H23N3O3. The van der Waals surface area contributed by atoms with Crippen LogP contribution in [0, 0.1) is 6.92 Å². The minimum Gasteiger partial charge on any atom is -0.381 e. The summed E-state index contributed by atoms with van der Waals surface area (Å²) in [5.41, 5.74) is 7.28. The van der Waals surface area contributed by atoms with Crippen molar-refractivity contribution in [2.75, 3.05) is 25.1 Å². The van der Waals surface area contributed by atoms with Crippen molar-refractivity contribution in [3.63, 3.8) is 0 Å². The second-order valence-corrected chi connectivity index (χ2v) is 5.61. The summed E-state index contributed by atoms with van der Waals surface area (Å²) in [6.45, 7) is 5.27. The predicted octanol–water partition coefficient (Wildman–Crippen LogP) is 1.19.